The molecule has 0 saturated carbocycles. The number of anilines is 1. The quantitative estimate of drug-likeness (QED) is 0.424. The maximum absolute atomic E-state index is 13.2. The molecular formula is C31H32F3N5O5. The number of pyridine rings is 1. The highest BCUT2D eigenvalue weighted by Crippen LogP contribution is 2.28. The Morgan fingerprint density at radius 3 is 2.34 bits per heavy atom. The predicted molar refractivity (Wildman–Crippen MR) is 157 cm³/mol. The molecule has 0 radical (unpaired) electrons. The van der Waals surface area contributed by atoms with Crippen LogP contribution in [0.5, 0.6) is 0 Å². The van der Waals surface area contributed by atoms with E-state index in [1.54, 1.807) is 6.20 Å². The first-order valence-electron chi connectivity index (χ1n) is 14.2. The van der Waals surface area contributed by atoms with Gasteiger partial charge in [-0.05, 0) is 42.0 Å². The highest BCUT2D eigenvalue weighted by Gasteiger charge is 2.25. The van der Waals surface area contributed by atoms with Crippen molar-refractivity contribution in [2.24, 2.45) is 0 Å². The van der Waals surface area contributed by atoms with Crippen LogP contribution in [0.3, 0.4) is 0 Å². The minimum absolute atomic E-state index is 0.0332. The number of morpholine rings is 2. The Morgan fingerprint density at radius 2 is 1.66 bits per heavy atom. The number of aromatic nitrogens is 2. The number of nitrogens with one attached hydrogen (secondary N) is 2. The molecule has 2 aromatic heterocycles. The van der Waals surface area contributed by atoms with Crippen molar-refractivity contribution in [2.75, 3.05) is 64.1 Å². The van der Waals surface area contributed by atoms with Gasteiger partial charge in [-0.3, -0.25) is 19.4 Å². The second-order valence-corrected chi connectivity index (χ2v) is 10.3. The van der Waals surface area contributed by atoms with Gasteiger partial charge in [0.1, 0.15) is 0 Å². The van der Waals surface area contributed by atoms with Crippen molar-refractivity contribution < 1.29 is 37.0 Å². The number of hydrogen-bond donors (Lipinski definition) is 2. The van der Waals surface area contributed by atoms with Gasteiger partial charge in [0.25, 0.3) is 11.8 Å². The summed E-state index contributed by atoms with van der Waals surface area (Å²) < 4.78 is 42.2. The number of carbonyl (C=O) groups is 3. The number of nitrogens with zero attached hydrogens (tertiary/aromatic N) is 3. The Morgan fingerprint density at radius 1 is 0.955 bits per heavy atom. The highest BCUT2D eigenvalue weighted by molar-refractivity contribution is 5.98. The molecule has 2 fully saturated rings. The third-order valence-electron chi connectivity index (χ3n) is 7.39. The smallest absolute Gasteiger partial charge is 0.378 e. The summed E-state index contributed by atoms with van der Waals surface area (Å²) in [6, 6.07) is 11.8. The van der Waals surface area contributed by atoms with Gasteiger partial charge in [-0.2, -0.15) is 13.2 Å². The summed E-state index contributed by atoms with van der Waals surface area (Å²) in [6.45, 7) is 5.90. The number of amides is 2. The second kappa shape index (κ2) is 13.9. The number of H-pyrrole nitrogens is 1. The van der Waals surface area contributed by atoms with E-state index < -0.39 is 12.5 Å². The number of alkyl halides is 3. The Hall–Kier alpha value is -4.49. The van der Waals surface area contributed by atoms with Crippen molar-refractivity contribution >= 4 is 35.9 Å². The molecule has 1 aromatic carbocycles. The first-order chi connectivity index (χ1) is 21.2. The number of hydrogen-bond acceptors (Lipinski definition) is 7. The number of benzene rings is 1. The Labute approximate surface area is 251 Å². The molecule has 0 aliphatic carbocycles. The summed E-state index contributed by atoms with van der Waals surface area (Å²) in [4.78, 5) is 46.1. The molecule has 6 rings (SSSR count). The fraction of sp³-hybridized carbons (Fsp3) is 0.355. The fourth-order valence-electron chi connectivity index (χ4n) is 5.18. The largest absolute Gasteiger partial charge is 0.446 e. The van der Waals surface area contributed by atoms with Crippen LogP contribution in [0.1, 0.15) is 37.7 Å². The average molecular weight is 612 g/mol. The maximum atomic E-state index is 13.2. The van der Waals surface area contributed by atoms with Crippen LogP contribution in [-0.2, 0) is 20.7 Å². The van der Waals surface area contributed by atoms with E-state index in [4.69, 9.17) is 14.3 Å². The second-order valence-electron chi connectivity index (χ2n) is 10.3. The van der Waals surface area contributed by atoms with Crippen molar-refractivity contribution in [2.45, 2.75) is 12.6 Å². The molecule has 0 bridgehead atoms. The van der Waals surface area contributed by atoms with Crippen molar-refractivity contribution in [3.05, 3.63) is 70.7 Å². The zero-order chi connectivity index (χ0) is 31.1. The van der Waals surface area contributed by atoms with Crippen LogP contribution < -0.4 is 10.2 Å². The van der Waals surface area contributed by atoms with E-state index in [1.165, 1.54) is 0 Å². The van der Waals surface area contributed by atoms with Crippen LogP contribution in [0.2, 0.25) is 0 Å². The molecular weight excluding hydrogens is 579 g/mol. The minimum atomic E-state index is -4.64. The summed E-state index contributed by atoms with van der Waals surface area (Å²) in [6.07, 6.45) is 0.914. The lowest BCUT2D eigenvalue weighted by atomic mass is 10.0. The van der Waals surface area contributed by atoms with E-state index in [1.807, 2.05) is 53.5 Å². The average Bonchev–Trinajstić information content (AvgIpc) is 3.50. The normalized spacial score (nSPS) is 17.0. The zero-order valence-corrected chi connectivity index (χ0v) is 23.9. The lowest BCUT2D eigenvalue weighted by molar-refractivity contribution is -0.156. The number of aldehydes is 1. The molecule has 3 aliphatic heterocycles. The summed E-state index contributed by atoms with van der Waals surface area (Å²) in [5.41, 5.74) is 7.09. The van der Waals surface area contributed by atoms with Crippen LogP contribution >= 0.6 is 0 Å². The van der Waals surface area contributed by atoms with Gasteiger partial charge in [-0.25, -0.2) is 0 Å². The van der Waals surface area contributed by atoms with Gasteiger partial charge in [0, 0.05) is 73.5 Å². The third-order valence-corrected chi connectivity index (χ3v) is 7.39. The molecule has 2 saturated heterocycles. The van der Waals surface area contributed by atoms with Crippen LogP contribution in [0.4, 0.5) is 18.9 Å². The van der Waals surface area contributed by atoms with E-state index in [0.29, 0.717) is 57.2 Å². The molecule has 13 heteroatoms. The van der Waals surface area contributed by atoms with Gasteiger partial charge in [0.2, 0.25) is 6.29 Å². The summed E-state index contributed by atoms with van der Waals surface area (Å²) in [7, 11) is 0. The lowest BCUT2D eigenvalue weighted by Gasteiger charge is -2.31. The number of rotatable bonds is 5. The number of aromatic amines is 1. The van der Waals surface area contributed by atoms with Crippen LogP contribution in [-0.4, -0.2) is 98.3 Å². The summed E-state index contributed by atoms with van der Waals surface area (Å²) in [5, 5.41) is 2.89. The minimum Gasteiger partial charge on any atom is -0.378 e. The first-order valence-corrected chi connectivity index (χ1v) is 14.2. The lowest BCUT2D eigenvalue weighted by Crippen LogP contribution is -2.41. The van der Waals surface area contributed by atoms with E-state index in [0.717, 1.165) is 53.4 Å². The van der Waals surface area contributed by atoms with Crippen molar-refractivity contribution in [3.8, 4) is 11.3 Å². The standard InChI is InChI=1S/C29H31N5O4.C2HF3O/c35-28-24-19-26(32-25(24)6-8-31-28)21-5-7-30-23(17-21)4-3-20-1-2-22(29(36)34-11-15-38-16-12-34)18-27(20)33-9-13-37-14-10-33;3-2(4,5)1-6/h1-5,7,17-19,32H,6,8-16H2,(H,31,35);1H/b4-3+;. The van der Waals surface area contributed by atoms with Crippen molar-refractivity contribution in [1.29, 1.82) is 0 Å². The van der Waals surface area contributed by atoms with Crippen molar-refractivity contribution in [3.63, 3.8) is 0 Å². The van der Waals surface area contributed by atoms with Gasteiger partial charge >= 0.3 is 6.18 Å². The Kier molecular flexibility index (Phi) is 9.75. The molecule has 44 heavy (non-hydrogen) atoms. The van der Waals surface area contributed by atoms with Gasteiger partial charge in [-0.1, -0.05) is 12.1 Å². The molecule has 3 aromatic rings. The van der Waals surface area contributed by atoms with Gasteiger partial charge in [-0.15, -0.1) is 0 Å². The Bertz CT molecular complexity index is 1530. The molecule has 2 N–H and O–H groups in total. The predicted octanol–water partition coefficient (Wildman–Crippen LogP) is 3.59. The zero-order valence-electron chi connectivity index (χ0n) is 23.9. The highest BCUT2D eigenvalue weighted by atomic mass is 19.4. The monoisotopic (exact) mass is 611 g/mol. The molecule has 10 nitrogen and oxygen atoms in total. The van der Waals surface area contributed by atoms with Crippen LogP contribution in [0, 0.1) is 0 Å². The van der Waals surface area contributed by atoms with Gasteiger partial charge in [0.05, 0.1) is 37.7 Å². The van der Waals surface area contributed by atoms with E-state index in [9.17, 15) is 22.8 Å². The van der Waals surface area contributed by atoms with Crippen molar-refractivity contribution in [1.82, 2.24) is 20.2 Å². The summed E-state index contributed by atoms with van der Waals surface area (Å²) in [5.74, 6) is 0.00384. The number of halogens is 3. The van der Waals surface area contributed by atoms with E-state index in [2.05, 4.69) is 20.2 Å². The SMILES string of the molecule is O=C1NCCc2[nH]c(-c3ccnc(/C=C/c4ccc(C(=O)N5CCOCC5)cc4N4CCOCC4)c3)cc21.O=CC(F)(F)F. The molecule has 0 atom stereocenters. The van der Waals surface area contributed by atoms with Gasteiger partial charge < -0.3 is 29.6 Å². The van der Waals surface area contributed by atoms with Gasteiger partial charge in [0.15, 0.2) is 0 Å². The molecule has 3 aliphatic rings. The number of ether oxygens (including phenoxy) is 2. The maximum Gasteiger partial charge on any atom is 0.446 e. The molecule has 5 heterocycles. The number of carbonyl (C=O) groups excluding carboxylic acids is 3. The first kappa shape index (κ1) is 31.0. The van der Waals surface area contributed by atoms with E-state index in [-0.39, 0.29) is 11.8 Å². The van der Waals surface area contributed by atoms with Crippen LogP contribution in [0.15, 0.2) is 42.6 Å². The summed E-state index contributed by atoms with van der Waals surface area (Å²) >= 11 is 0. The van der Waals surface area contributed by atoms with Crippen LogP contribution in [0.25, 0.3) is 23.4 Å². The Balaban J connectivity index is 0.000000584. The molecule has 2 amide bonds. The third kappa shape index (κ3) is 7.71. The molecule has 232 valence electrons. The number of fused-ring (bicyclic) bond motifs is 1. The topological polar surface area (TPSA) is 117 Å². The molecule has 0 unspecified atom stereocenters. The van der Waals surface area contributed by atoms with E-state index >= 15 is 0 Å². The fourth-order valence-corrected chi connectivity index (χ4v) is 5.18. The molecule has 0 spiro atoms.